The maximum Gasteiger partial charge on any atom is 0.417 e. The lowest BCUT2D eigenvalue weighted by molar-refractivity contribution is -0.137. The fourth-order valence-electron chi connectivity index (χ4n) is 2.51. The summed E-state index contributed by atoms with van der Waals surface area (Å²) in [7, 11) is 0. The molecule has 1 unspecified atom stereocenters. The van der Waals surface area contributed by atoms with Gasteiger partial charge in [-0.15, -0.1) is 0 Å². The summed E-state index contributed by atoms with van der Waals surface area (Å²) in [5, 5.41) is 6.08. The standard InChI is InChI=1S/C18H12ClF4N5O2/c19-14-12(27-15(16(24)29)9-1-4-11(20)5-2-9)8-26-28(17(14)30)13-6-3-10(7-25-13)18(21,22)23/h1-8,15,27H,(H2,24,29). The van der Waals surface area contributed by atoms with E-state index in [0.717, 1.165) is 30.5 Å². The molecule has 1 atom stereocenters. The normalized spacial score (nSPS) is 12.4. The molecule has 0 saturated heterocycles. The molecule has 30 heavy (non-hydrogen) atoms. The third-order valence-electron chi connectivity index (χ3n) is 4.00. The number of carbonyl (C=O) groups excluding carboxylic acids is 1. The molecule has 0 aliphatic rings. The number of nitrogens with one attached hydrogen (secondary N) is 1. The molecule has 0 bridgehead atoms. The predicted octanol–water partition coefficient (Wildman–Crippen LogP) is 3.08. The first-order valence-corrected chi connectivity index (χ1v) is 8.58. The molecule has 0 spiro atoms. The molecule has 0 radical (unpaired) electrons. The van der Waals surface area contributed by atoms with E-state index in [1.807, 2.05) is 0 Å². The van der Waals surface area contributed by atoms with Gasteiger partial charge in [-0.05, 0) is 29.8 Å². The van der Waals surface area contributed by atoms with Gasteiger partial charge in [0.25, 0.3) is 5.56 Å². The molecule has 7 nitrogen and oxygen atoms in total. The Morgan fingerprint density at radius 3 is 2.33 bits per heavy atom. The predicted molar refractivity (Wildman–Crippen MR) is 99.6 cm³/mol. The molecule has 0 aliphatic heterocycles. The molecular formula is C18H12ClF4N5O2. The number of primary amides is 1. The summed E-state index contributed by atoms with van der Waals surface area (Å²) >= 11 is 6.06. The Morgan fingerprint density at radius 2 is 1.80 bits per heavy atom. The minimum atomic E-state index is -4.58. The SMILES string of the molecule is NC(=O)C(Nc1cnn(-c2ccc(C(F)(F)F)cn2)c(=O)c1Cl)c1ccc(F)cc1. The number of aromatic nitrogens is 3. The van der Waals surface area contributed by atoms with Crippen LogP contribution in [0, 0.1) is 5.82 Å². The van der Waals surface area contributed by atoms with Gasteiger partial charge in [-0.1, -0.05) is 23.7 Å². The number of halogens is 5. The number of hydrogen-bond acceptors (Lipinski definition) is 5. The number of benzene rings is 1. The lowest BCUT2D eigenvalue weighted by Crippen LogP contribution is -2.30. The Kier molecular flexibility index (Phi) is 5.74. The summed E-state index contributed by atoms with van der Waals surface area (Å²) in [6.07, 6.45) is -2.94. The zero-order valence-corrected chi connectivity index (χ0v) is 15.6. The Hall–Kier alpha value is -3.47. The van der Waals surface area contributed by atoms with Crippen molar-refractivity contribution in [1.29, 1.82) is 0 Å². The number of alkyl halides is 3. The van der Waals surface area contributed by atoms with E-state index in [0.29, 0.717) is 16.4 Å². The van der Waals surface area contributed by atoms with Gasteiger partial charge < -0.3 is 11.1 Å². The Bertz CT molecular complexity index is 1130. The molecule has 0 aliphatic carbocycles. The zero-order chi connectivity index (χ0) is 22.1. The number of amides is 1. The fourth-order valence-corrected chi connectivity index (χ4v) is 2.69. The first kappa shape index (κ1) is 21.2. The van der Waals surface area contributed by atoms with E-state index in [9.17, 15) is 27.2 Å². The quantitative estimate of drug-likeness (QED) is 0.592. The number of pyridine rings is 1. The molecule has 0 saturated carbocycles. The van der Waals surface area contributed by atoms with Crippen molar-refractivity contribution in [1.82, 2.24) is 14.8 Å². The Balaban J connectivity index is 1.93. The lowest BCUT2D eigenvalue weighted by Gasteiger charge is -2.18. The summed E-state index contributed by atoms with van der Waals surface area (Å²) in [5.41, 5.74) is 3.74. The van der Waals surface area contributed by atoms with Crippen LogP contribution in [0.5, 0.6) is 0 Å². The highest BCUT2D eigenvalue weighted by Gasteiger charge is 2.31. The van der Waals surface area contributed by atoms with Crippen molar-refractivity contribution >= 4 is 23.2 Å². The number of nitrogens with zero attached hydrogens (tertiary/aromatic N) is 3. The summed E-state index contributed by atoms with van der Waals surface area (Å²) in [6, 6.07) is 5.46. The second-order valence-electron chi connectivity index (χ2n) is 6.02. The van der Waals surface area contributed by atoms with Crippen LogP contribution < -0.4 is 16.6 Å². The Labute approximate surface area is 171 Å². The zero-order valence-electron chi connectivity index (χ0n) is 14.8. The van der Waals surface area contributed by atoms with Crippen LogP contribution in [0.3, 0.4) is 0 Å². The molecule has 1 amide bonds. The van der Waals surface area contributed by atoms with Crippen molar-refractivity contribution in [3.8, 4) is 5.82 Å². The van der Waals surface area contributed by atoms with Crippen LogP contribution in [0.4, 0.5) is 23.2 Å². The van der Waals surface area contributed by atoms with Gasteiger partial charge in [0.2, 0.25) is 5.91 Å². The highest BCUT2D eigenvalue weighted by Crippen LogP contribution is 2.29. The van der Waals surface area contributed by atoms with Crippen molar-refractivity contribution in [2.45, 2.75) is 12.2 Å². The monoisotopic (exact) mass is 441 g/mol. The molecule has 3 rings (SSSR count). The van der Waals surface area contributed by atoms with Gasteiger partial charge in [0.05, 0.1) is 17.4 Å². The molecule has 2 aromatic heterocycles. The second-order valence-corrected chi connectivity index (χ2v) is 6.40. The van der Waals surface area contributed by atoms with Crippen molar-refractivity contribution in [2.75, 3.05) is 5.32 Å². The summed E-state index contributed by atoms with van der Waals surface area (Å²) in [6.45, 7) is 0. The van der Waals surface area contributed by atoms with Gasteiger partial charge >= 0.3 is 6.18 Å². The summed E-state index contributed by atoms with van der Waals surface area (Å²) < 4.78 is 51.8. The fraction of sp³-hybridized carbons (Fsp3) is 0.111. The number of anilines is 1. The molecule has 2 heterocycles. The van der Waals surface area contributed by atoms with Crippen LogP contribution >= 0.6 is 11.6 Å². The molecule has 1 aromatic carbocycles. The summed E-state index contributed by atoms with van der Waals surface area (Å²) in [4.78, 5) is 27.9. The van der Waals surface area contributed by atoms with Gasteiger partial charge in [-0.25, -0.2) is 9.37 Å². The molecule has 156 valence electrons. The average molecular weight is 442 g/mol. The van der Waals surface area contributed by atoms with Gasteiger partial charge in [0, 0.05) is 6.20 Å². The van der Waals surface area contributed by atoms with Crippen LogP contribution in [0.25, 0.3) is 5.82 Å². The first-order chi connectivity index (χ1) is 14.1. The maximum atomic E-state index is 13.1. The topological polar surface area (TPSA) is 103 Å². The average Bonchev–Trinajstić information content (AvgIpc) is 2.69. The lowest BCUT2D eigenvalue weighted by atomic mass is 10.1. The van der Waals surface area contributed by atoms with E-state index in [1.165, 1.54) is 12.1 Å². The van der Waals surface area contributed by atoms with E-state index in [-0.39, 0.29) is 11.5 Å². The third kappa shape index (κ3) is 4.40. The van der Waals surface area contributed by atoms with Crippen LogP contribution in [0.1, 0.15) is 17.2 Å². The van der Waals surface area contributed by atoms with Crippen LogP contribution in [-0.4, -0.2) is 20.7 Å². The molecular weight excluding hydrogens is 430 g/mol. The Morgan fingerprint density at radius 1 is 1.13 bits per heavy atom. The van der Waals surface area contributed by atoms with E-state index in [1.54, 1.807) is 0 Å². The van der Waals surface area contributed by atoms with Gasteiger partial charge in [0.1, 0.15) is 16.9 Å². The highest BCUT2D eigenvalue weighted by molar-refractivity contribution is 6.33. The highest BCUT2D eigenvalue weighted by atomic mass is 35.5. The minimum Gasteiger partial charge on any atom is -0.368 e. The molecule has 12 heteroatoms. The smallest absolute Gasteiger partial charge is 0.368 e. The molecule has 3 N–H and O–H groups in total. The molecule has 0 fully saturated rings. The van der Waals surface area contributed by atoms with E-state index >= 15 is 0 Å². The van der Waals surface area contributed by atoms with Crippen molar-refractivity contribution in [3.63, 3.8) is 0 Å². The largest absolute Gasteiger partial charge is 0.417 e. The van der Waals surface area contributed by atoms with E-state index in [2.05, 4.69) is 15.4 Å². The van der Waals surface area contributed by atoms with Gasteiger partial charge in [0.15, 0.2) is 5.82 Å². The maximum absolute atomic E-state index is 13.1. The van der Waals surface area contributed by atoms with Gasteiger partial charge in [-0.2, -0.15) is 23.0 Å². The van der Waals surface area contributed by atoms with E-state index in [4.69, 9.17) is 17.3 Å². The van der Waals surface area contributed by atoms with Crippen LogP contribution in [-0.2, 0) is 11.0 Å². The number of carbonyl (C=O) groups is 1. The van der Waals surface area contributed by atoms with Crippen molar-refractivity contribution in [3.05, 3.63) is 81.1 Å². The second kappa shape index (κ2) is 8.11. The molecule has 3 aromatic rings. The third-order valence-corrected chi connectivity index (χ3v) is 4.36. The van der Waals surface area contributed by atoms with Gasteiger partial charge in [-0.3, -0.25) is 9.59 Å². The van der Waals surface area contributed by atoms with E-state index < -0.39 is 40.1 Å². The van der Waals surface area contributed by atoms with Crippen LogP contribution in [0.15, 0.2) is 53.6 Å². The number of hydrogen-bond donors (Lipinski definition) is 2. The minimum absolute atomic E-state index is 0.0575. The first-order valence-electron chi connectivity index (χ1n) is 8.20. The summed E-state index contributed by atoms with van der Waals surface area (Å²) in [5.74, 6) is -1.54. The van der Waals surface area contributed by atoms with Crippen molar-refractivity contribution < 1.29 is 22.4 Å². The number of nitrogens with two attached hydrogens (primary N) is 1. The number of rotatable bonds is 5. The van der Waals surface area contributed by atoms with Crippen molar-refractivity contribution in [2.24, 2.45) is 5.73 Å². The van der Waals surface area contributed by atoms with Crippen LogP contribution in [0.2, 0.25) is 5.02 Å².